The summed E-state index contributed by atoms with van der Waals surface area (Å²) >= 11 is 0. The van der Waals surface area contributed by atoms with E-state index >= 15 is 0 Å². The Kier molecular flexibility index (Phi) is 6.79. The van der Waals surface area contributed by atoms with Gasteiger partial charge in [0, 0.05) is 6.54 Å². The van der Waals surface area contributed by atoms with Crippen molar-refractivity contribution in [2.24, 2.45) is 0 Å². The Hall–Kier alpha value is -3.60. The Labute approximate surface area is 164 Å². The van der Waals surface area contributed by atoms with Crippen molar-refractivity contribution < 1.29 is 9.59 Å². The van der Waals surface area contributed by atoms with Crippen LogP contribution in [0.15, 0.2) is 91.0 Å². The van der Waals surface area contributed by atoms with Crippen molar-refractivity contribution >= 4 is 11.9 Å². The van der Waals surface area contributed by atoms with Crippen LogP contribution in [0, 0.1) is 0 Å². The van der Waals surface area contributed by atoms with E-state index in [0.717, 1.165) is 16.7 Å². The smallest absolute Gasteiger partial charge is 0.315 e. The van der Waals surface area contributed by atoms with Crippen molar-refractivity contribution in [3.8, 4) is 0 Å². The summed E-state index contributed by atoms with van der Waals surface area (Å²) < 4.78 is 0. The van der Waals surface area contributed by atoms with Gasteiger partial charge in [0.1, 0.15) is 0 Å². The molecule has 0 unspecified atom stereocenters. The summed E-state index contributed by atoms with van der Waals surface area (Å²) in [6.07, 6.45) is 0. The van der Waals surface area contributed by atoms with Crippen molar-refractivity contribution in [1.82, 2.24) is 16.0 Å². The van der Waals surface area contributed by atoms with Gasteiger partial charge in [-0.1, -0.05) is 91.0 Å². The summed E-state index contributed by atoms with van der Waals surface area (Å²) in [5.74, 6) is -0.257. The lowest BCUT2D eigenvalue weighted by molar-refractivity contribution is -0.120. The van der Waals surface area contributed by atoms with E-state index < -0.39 is 0 Å². The molecule has 3 N–H and O–H groups in total. The topological polar surface area (TPSA) is 70.2 Å². The highest BCUT2D eigenvalue weighted by atomic mass is 16.2. The second-order valence-corrected chi connectivity index (χ2v) is 6.34. The van der Waals surface area contributed by atoms with Crippen LogP contribution >= 0.6 is 0 Å². The van der Waals surface area contributed by atoms with E-state index in [1.165, 1.54) is 0 Å². The van der Waals surface area contributed by atoms with Crippen LogP contribution in [0.1, 0.15) is 22.7 Å². The number of benzene rings is 3. The molecule has 0 radical (unpaired) electrons. The lowest BCUT2D eigenvalue weighted by Gasteiger charge is -2.20. The number of carbonyl (C=O) groups is 2. The summed E-state index contributed by atoms with van der Waals surface area (Å²) in [6, 6.07) is 28.4. The van der Waals surface area contributed by atoms with Crippen LogP contribution in [0.5, 0.6) is 0 Å². The monoisotopic (exact) mass is 373 g/mol. The molecule has 0 aliphatic carbocycles. The van der Waals surface area contributed by atoms with Gasteiger partial charge in [-0.25, -0.2) is 4.79 Å². The molecule has 0 aliphatic rings. The van der Waals surface area contributed by atoms with Crippen LogP contribution < -0.4 is 16.0 Å². The third-order valence-electron chi connectivity index (χ3n) is 4.28. The van der Waals surface area contributed by atoms with Gasteiger partial charge < -0.3 is 16.0 Å². The molecule has 0 spiro atoms. The van der Waals surface area contributed by atoms with Gasteiger partial charge in [-0.3, -0.25) is 4.79 Å². The number of urea groups is 1. The molecule has 0 atom stereocenters. The van der Waals surface area contributed by atoms with Crippen LogP contribution in [0.25, 0.3) is 0 Å². The predicted octanol–water partition coefficient (Wildman–Crippen LogP) is 3.39. The zero-order valence-corrected chi connectivity index (χ0v) is 15.5. The average molecular weight is 373 g/mol. The summed E-state index contributed by atoms with van der Waals surface area (Å²) in [6.45, 7) is 0.307. The second kappa shape index (κ2) is 9.92. The molecule has 0 aliphatic heterocycles. The highest BCUT2D eigenvalue weighted by Gasteiger charge is 2.16. The Morgan fingerprint density at radius 1 is 0.679 bits per heavy atom. The minimum Gasteiger partial charge on any atom is -0.344 e. The van der Waals surface area contributed by atoms with Gasteiger partial charge in [-0.15, -0.1) is 0 Å². The Morgan fingerprint density at radius 2 is 1.18 bits per heavy atom. The van der Waals surface area contributed by atoms with Crippen LogP contribution in [0.3, 0.4) is 0 Å². The molecule has 3 aromatic carbocycles. The Balaban J connectivity index is 1.54. The molecule has 0 saturated carbocycles. The lowest BCUT2D eigenvalue weighted by Crippen LogP contribution is -2.42. The minimum atomic E-state index is -0.380. The molecule has 5 nitrogen and oxygen atoms in total. The summed E-state index contributed by atoms with van der Waals surface area (Å²) in [5, 5.41) is 8.34. The maximum atomic E-state index is 12.4. The third kappa shape index (κ3) is 5.71. The number of nitrogens with one attached hydrogen (secondary N) is 3. The van der Waals surface area contributed by atoms with Crippen molar-refractivity contribution in [3.63, 3.8) is 0 Å². The first-order chi connectivity index (χ1) is 13.7. The van der Waals surface area contributed by atoms with Gasteiger partial charge in [0.2, 0.25) is 5.91 Å². The Bertz CT molecular complexity index is 844. The second-order valence-electron chi connectivity index (χ2n) is 6.34. The predicted molar refractivity (Wildman–Crippen MR) is 110 cm³/mol. The zero-order chi connectivity index (χ0) is 19.6. The molecule has 142 valence electrons. The molecule has 0 bridgehead atoms. The molecule has 5 heteroatoms. The van der Waals surface area contributed by atoms with Crippen molar-refractivity contribution in [2.75, 3.05) is 6.54 Å². The molecule has 0 aromatic heterocycles. The molecular weight excluding hydrogens is 350 g/mol. The van der Waals surface area contributed by atoms with Crippen molar-refractivity contribution in [1.29, 1.82) is 0 Å². The zero-order valence-electron chi connectivity index (χ0n) is 15.5. The summed E-state index contributed by atoms with van der Waals surface area (Å²) in [4.78, 5) is 24.4. The van der Waals surface area contributed by atoms with Crippen molar-refractivity contribution in [2.45, 2.75) is 12.6 Å². The highest BCUT2D eigenvalue weighted by Crippen LogP contribution is 2.21. The van der Waals surface area contributed by atoms with E-state index in [-0.39, 0.29) is 24.5 Å². The molecular formula is C23H23N3O2. The van der Waals surface area contributed by atoms with Gasteiger partial charge >= 0.3 is 6.03 Å². The first-order valence-corrected chi connectivity index (χ1v) is 9.17. The van der Waals surface area contributed by atoms with E-state index in [1.54, 1.807) is 0 Å². The molecule has 3 aromatic rings. The SMILES string of the molecule is O=C(CNC(=O)NCc1ccccc1)NC(c1ccccc1)c1ccccc1. The number of amides is 3. The lowest BCUT2D eigenvalue weighted by atomic mass is 9.99. The fourth-order valence-electron chi connectivity index (χ4n) is 2.86. The van der Waals surface area contributed by atoms with E-state index in [1.807, 2.05) is 91.0 Å². The first-order valence-electron chi connectivity index (χ1n) is 9.17. The number of rotatable bonds is 7. The molecule has 28 heavy (non-hydrogen) atoms. The number of hydrogen-bond acceptors (Lipinski definition) is 2. The first kappa shape index (κ1) is 19.2. The summed E-state index contributed by atoms with van der Waals surface area (Å²) in [7, 11) is 0. The van der Waals surface area contributed by atoms with Crippen LogP contribution in [0.4, 0.5) is 4.79 Å². The van der Waals surface area contributed by atoms with Gasteiger partial charge in [0.05, 0.1) is 12.6 Å². The van der Waals surface area contributed by atoms with Crippen LogP contribution in [-0.2, 0) is 11.3 Å². The molecule has 3 rings (SSSR count). The standard InChI is InChI=1S/C23H23N3O2/c27-21(17-25-23(28)24-16-18-10-4-1-5-11-18)26-22(19-12-6-2-7-13-19)20-14-8-3-9-15-20/h1-15,22H,16-17H2,(H,26,27)(H2,24,25,28). The van der Waals surface area contributed by atoms with Crippen LogP contribution in [-0.4, -0.2) is 18.5 Å². The fraction of sp³-hybridized carbons (Fsp3) is 0.130. The maximum Gasteiger partial charge on any atom is 0.315 e. The van der Waals surface area contributed by atoms with Crippen molar-refractivity contribution in [3.05, 3.63) is 108 Å². The van der Waals surface area contributed by atoms with Gasteiger partial charge in [-0.05, 0) is 16.7 Å². The van der Waals surface area contributed by atoms with E-state index in [0.29, 0.717) is 6.54 Å². The quantitative estimate of drug-likeness (QED) is 0.594. The fourth-order valence-corrected chi connectivity index (χ4v) is 2.86. The number of hydrogen-bond donors (Lipinski definition) is 3. The van der Waals surface area contributed by atoms with E-state index in [4.69, 9.17) is 0 Å². The minimum absolute atomic E-state index is 0.100. The van der Waals surface area contributed by atoms with Gasteiger partial charge in [0.15, 0.2) is 0 Å². The Morgan fingerprint density at radius 3 is 1.71 bits per heavy atom. The maximum absolute atomic E-state index is 12.4. The average Bonchev–Trinajstić information content (AvgIpc) is 2.76. The van der Waals surface area contributed by atoms with Gasteiger partial charge in [-0.2, -0.15) is 0 Å². The molecule has 0 saturated heterocycles. The van der Waals surface area contributed by atoms with Crippen LogP contribution in [0.2, 0.25) is 0 Å². The largest absolute Gasteiger partial charge is 0.344 e. The normalized spacial score (nSPS) is 10.3. The number of carbonyl (C=O) groups excluding carboxylic acids is 2. The molecule has 0 fully saturated rings. The summed E-state index contributed by atoms with van der Waals surface area (Å²) in [5.41, 5.74) is 2.96. The molecule has 0 heterocycles. The third-order valence-corrected chi connectivity index (χ3v) is 4.28. The van der Waals surface area contributed by atoms with E-state index in [2.05, 4.69) is 16.0 Å². The van der Waals surface area contributed by atoms with E-state index in [9.17, 15) is 9.59 Å². The molecule has 3 amide bonds. The highest BCUT2D eigenvalue weighted by molar-refractivity contribution is 5.84. The van der Waals surface area contributed by atoms with Gasteiger partial charge in [0.25, 0.3) is 0 Å².